The molecule has 0 aromatic heterocycles. The third-order valence-corrected chi connectivity index (χ3v) is 3.94. The molecule has 0 unspecified atom stereocenters. The maximum atomic E-state index is 9.13. The Kier molecular flexibility index (Phi) is 4.60. The van der Waals surface area contributed by atoms with Crippen molar-refractivity contribution in [3.8, 4) is 23.6 Å². The maximum absolute atomic E-state index is 9.13. The minimum Gasteiger partial charge on any atom is -0.454 e. The van der Waals surface area contributed by atoms with Crippen LogP contribution in [0.4, 0.5) is 0 Å². The molecule has 0 bridgehead atoms. The highest BCUT2D eigenvalue weighted by atomic mass is 35.5. The summed E-state index contributed by atoms with van der Waals surface area (Å²) in [6, 6.07) is 10.8. The Morgan fingerprint density at radius 3 is 1.90 bits per heavy atom. The van der Waals surface area contributed by atoms with E-state index >= 15 is 0 Å². The molecule has 21 heavy (non-hydrogen) atoms. The molecule has 0 N–H and O–H groups in total. The molecule has 0 saturated carbocycles. The van der Waals surface area contributed by atoms with Crippen LogP contribution >= 0.6 is 34.8 Å². The van der Waals surface area contributed by atoms with Gasteiger partial charge in [-0.1, -0.05) is 52.5 Å². The Morgan fingerprint density at radius 2 is 1.38 bits per heavy atom. The zero-order valence-electron chi connectivity index (χ0n) is 10.7. The number of nitrogens with zero attached hydrogens (tertiary/aromatic N) is 2. The summed E-state index contributed by atoms with van der Waals surface area (Å²) in [6.07, 6.45) is 0. The monoisotopic (exact) mass is 336 g/mol. The molecule has 0 radical (unpaired) electrons. The summed E-state index contributed by atoms with van der Waals surface area (Å²) < 4.78 is 5.61. The van der Waals surface area contributed by atoms with E-state index in [4.69, 9.17) is 50.1 Å². The second-order valence-electron chi connectivity index (χ2n) is 4.16. The fraction of sp³-hybridized carbons (Fsp3) is 0.0667. The average Bonchev–Trinajstić information content (AvgIpc) is 2.49. The van der Waals surface area contributed by atoms with E-state index in [2.05, 4.69) is 0 Å². The number of rotatable bonds is 2. The van der Waals surface area contributed by atoms with Gasteiger partial charge in [0.05, 0.1) is 16.1 Å². The van der Waals surface area contributed by atoms with E-state index in [1.807, 2.05) is 31.2 Å². The smallest absolute Gasteiger partial charge is 0.167 e. The molecule has 6 heteroatoms. The van der Waals surface area contributed by atoms with Crippen LogP contribution in [0.15, 0.2) is 24.3 Å². The van der Waals surface area contributed by atoms with Crippen LogP contribution in [0, 0.1) is 29.6 Å². The van der Waals surface area contributed by atoms with Crippen molar-refractivity contribution < 1.29 is 4.74 Å². The van der Waals surface area contributed by atoms with Crippen molar-refractivity contribution in [3.63, 3.8) is 0 Å². The van der Waals surface area contributed by atoms with E-state index in [0.29, 0.717) is 5.75 Å². The van der Waals surface area contributed by atoms with Gasteiger partial charge in [-0.05, 0) is 19.1 Å². The zero-order valence-corrected chi connectivity index (χ0v) is 13.0. The van der Waals surface area contributed by atoms with Crippen molar-refractivity contribution in [2.75, 3.05) is 0 Å². The van der Waals surface area contributed by atoms with Crippen molar-refractivity contribution in [1.29, 1.82) is 10.5 Å². The number of hydrogen-bond donors (Lipinski definition) is 0. The Balaban J connectivity index is 2.60. The largest absolute Gasteiger partial charge is 0.454 e. The van der Waals surface area contributed by atoms with Gasteiger partial charge in [-0.3, -0.25) is 0 Å². The number of benzene rings is 2. The third-order valence-electron chi connectivity index (χ3n) is 2.74. The molecule has 2 aromatic rings. The lowest BCUT2D eigenvalue weighted by molar-refractivity contribution is 0.483. The van der Waals surface area contributed by atoms with Gasteiger partial charge in [0, 0.05) is 0 Å². The molecule has 0 atom stereocenters. The maximum Gasteiger partial charge on any atom is 0.167 e. The molecular formula is C15H7Cl3N2O. The highest BCUT2D eigenvalue weighted by Crippen LogP contribution is 2.45. The molecule has 0 spiro atoms. The van der Waals surface area contributed by atoms with Crippen LogP contribution in [0.5, 0.6) is 11.5 Å². The molecule has 0 aliphatic rings. The second kappa shape index (κ2) is 6.24. The van der Waals surface area contributed by atoms with E-state index in [-0.39, 0.29) is 31.9 Å². The van der Waals surface area contributed by atoms with Gasteiger partial charge in [-0.25, -0.2) is 0 Å². The predicted molar refractivity (Wildman–Crippen MR) is 82.2 cm³/mol. The summed E-state index contributed by atoms with van der Waals surface area (Å²) >= 11 is 18.2. The molecule has 0 heterocycles. The van der Waals surface area contributed by atoms with Crippen molar-refractivity contribution >= 4 is 34.8 Å². The number of nitriles is 2. The Bertz CT molecular complexity index is 787. The molecule has 0 aliphatic heterocycles. The van der Waals surface area contributed by atoms with Crippen LogP contribution in [0.2, 0.25) is 15.1 Å². The van der Waals surface area contributed by atoms with Crippen molar-refractivity contribution in [2.24, 2.45) is 0 Å². The van der Waals surface area contributed by atoms with Gasteiger partial charge in [0.2, 0.25) is 0 Å². The molecule has 2 aromatic carbocycles. The van der Waals surface area contributed by atoms with Crippen LogP contribution in [0.3, 0.4) is 0 Å². The van der Waals surface area contributed by atoms with Crippen LogP contribution < -0.4 is 4.74 Å². The van der Waals surface area contributed by atoms with Crippen molar-refractivity contribution in [2.45, 2.75) is 6.92 Å². The summed E-state index contributed by atoms with van der Waals surface area (Å²) in [4.78, 5) is 0. The lowest BCUT2D eigenvalue weighted by atomic mass is 10.1. The number of halogens is 3. The molecular weight excluding hydrogens is 331 g/mol. The normalized spacial score (nSPS) is 9.81. The first-order valence-corrected chi connectivity index (χ1v) is 6.88. The predicted octanol–water partition coefficient (Wildman–Crippen LogP) is 5.49. The van der Waals surface area contributed by atoms with Crippen LogP contribution in [0.1, 0.15) is 16.7 Å². The first-order valence-electron chi connectivity index (χ1n) is 5.74. The molecule has 3 nitrogen and oxygen atoms in total. The van der Waals surface area contributed by atoms with Crippen molar-refractivity contribution in [1.82, 2.24) is 0 Å². The minimum absolute atomic E-state index is 0.00204. The second-order valence-corrected chi connectivity index (χ2v) is 5.29. The van der Waals surface area contributed by atoms with Gasteiger partial charge in [-0.15, -0.1) is 0 Å². The Labute approximate surface area is 136 Å². The van der Waals surface area contributed by atoms with Crippen LogP contribution in [0.25, 0.3) is 0 Å². The Morgan fingerprint density at radius 1 is 0.857 bits per heavy atom. The number of hydrogen-bond acceptors (Lipinski definition) is 3. The van der Waals surface area contributed by atoms with Gasteiger partial charge >= 0.3 is 0 Å². The van der Waals surface area contributed by atoms with Gasteiger partial charge in [0.15, 0.2) is 5.75 Å². The van der Waals surface area contributed by atoms with Gasteiger partial charge in [0.1, 0.15) is 27.9 Å². The van der Waals surface area contributed by atoms with Crippen LogP contribution in [-0.4, -0.2) is 0 Å². The van der Waals surface area contributed by atoms with E-state index in [1.165, 1.54) is 0 Å². The molecule has 104 valence electrons. The lowest BCUT2D eigenvalue weighted by Crippen LogP contribution is -1.95. The zero-order chi connectivity index (χ0) is 15.6. The summed E-state index contributed by atoms with van der Waals surface area (Å²) in [7, 11) is 0. The van der Waals surface area contributed by atoms with E-state index < -0.39 is 0 Å². The minimum atomic E-state index is -0.0644. The standard InChI is InChI=1S/C15H7Cl3N2O/c1-8-2-4-9(5-3-8)21-15-13(17)11(7-20)10(6-19)12(16)14(15)18/h2-5H,1H3. The quantitative estimate of drug-likeness (QED) is 0.681. The summed E-state index contributed by atoms with van der Waals surface area (Å²) in [5, 5.41) is 18.1. The molecule has 0 aliphatic carbocycles. The van der Waals surface area contributed by atoms with Gasteiger partial charge in [-0.2, -0.15) is 10.5 Å². The molecule has 2 rings (SSSR count). The highest BCUT2D eigenvalue weighted by Gasteiger charge is 2.23. The van der Waals surface area contributed by atoms with Crippen LogP contribution in [-0.2, 0) is 0 Å². The van der Waals surface area contributed by atoms with Gasteiger partial charge < -0.3 is 4.74 Å². The summed E-state index contributed by atoms with van der Waals surface area (Å²) in [5.74, 6) is 0.553. The first kappa shape index (κ1) is 15.5. The fourth-order valence-corrected chi connectivity index (χ4v) is 2.43. The lowest BCUT2D eigenvalue weighted by Gasteiger charge is -2.13. The number of ether oxygens (including phenoxy) is 1. The average molecular weight is 338 g/mol. The molecule has 0 saturated heterocycles. The number of aryl methyl sites for hydroxylation is 1. The SMILES string of the molecule is Cc1ccc(Oc2c(Cl)c(Cl)c(C#N)c(C#N)c2Cl)cc1. The Hall–Kier alpha value is -1.91. The van der Waals surface area contributed by atoms with E-state index in [0.717, 1.165) is 5.56 Å². The fourth-order valence-electron chi connectivity index (χ4n) is 1.66. The van der Waals surface area contributed by atoms with E-state index in [1.54, 1.807) is 12.1 Å². The highest BCUT2D eigenvalue weighted by molar-refractivity contribution is 6.46. The third kappa shape index (κ3) is 2.91. The van der Waals surface area contributed by atoms with Crippen molar-refractivity contribution in [3.05, 3.63) is 56.0 Å². The summed E-state index contributed by atoms with van der Waals surface area (Å²) in [6.45, 7) is 1.94. The molecule has 0 fully saturated rings. The van der Waals surface area contributed by atoms with Gasteiger partial charge in [0.25, 0.3) is 0 Å². The topological polar surface area (TPSA) is 56.8 Å². The summed E-state index contributed by atoms with van der Waals surface area (Å²) in [5.41, 5.74) is 0.941. The molecule has 0 amide bonds. The first-order chi connectivity index (χ1) is 9.99. The van der Waals surface area contributed by atoms with E-state index in [9.17, 15) is 0 Å².